The van der Waals surface area contributed by atoms with Crippen LogP contribution in [0.3, 0.4) is 0 Å². The largest absolute Gasteiger partial charge is 0.508 e. The molecule has 3 unspecified atom stereocenters. The van der Waals surface area contributed by atoms with E-state index in [0.717, 1.165) is 11.6 Å². The van der Waals surface area contributed by atoms with Gasteiger partial charge in [-0.25, -0.2) is 0 Å². The second-order valence-corrected chi connectivity index (χ2v) is 6.09. The van der Waals surface area contributed by atoms with Crippen molar-refractivity contribution in [1.29, 1.82) is 0 Å². The first-order valence-corrected chi connectivity index (χ1v) is 7.45. The Labute approximate surface area is 115 Å². The second-order valence-electron chi connectivity index (χ2n) is 6.09. The Bertz CT molecular complexity index is 460. The zero-order valence-electron chi connectivity index (χ0n) is 11.9. The molecule has 2 aliphatic rings. The van der Waals surface area contributed by atoms with E-state index in [2.05, 4.69) is 30.1 Å². The Hall–Kier alpha value is -1.06. The highest BCUT2D eigenvalue weighted by Gasteiger charge is 2.37. The zero-order valence-corrected chi connectivity index (χ0v) is 11.9. The van der Waals surface area contributed by atoms with Gasteiger partial charge in [-0.15, -0.1) is 0 Å². The molecule has 0 saturated carbocycles. The Kier molecular flexibility index (Phi) is 3.50. The lowest BCUT2D eigenvalue weighted by molar-refractivity contribution is 0.290. The van der Waals surface area contributed by atoms with Crippen molar-refractivity contribution >= 4 is 0 Å². The molecule has 0 aromatic heterocycles. The summed E-state index contributed by atoms with van der Waals surface area (Å²) in [6.07, 6.45) is 3.90. The van der Waals surface area contributed by atoms with Crippen molar-refractivity contribution in [3.05, 3.63) is 29.3 Å². The van der Waals surface area contributed by atoms with Crippen LogP contribution < -0.4 is 5.32 Å². The fourth-order valence-corrected chi connectivity index (χ4v) is 3.71. The van der Waals surface area contributed by atoms with Crippen LogP contribution in [0.4, 0.5) is 0 Å². The molecule has 19 heavy (non-hydrogen) atoms. The van der Waals surface area contributed by atoms with Gasteiger partial charge in [0.2, 0.25) is 0 Å². The topological polar surface area (TPSA) is 35.5 Å². The summed E-state index contributed by atoms with van der Waals surface area (Å²) in [6, 6.07) is 7.37. The van der Waals surface area contributed by atoms with Gasteiger partial charge in [0, 0.05) is 30.2 Å². The number of hydrogen-bond acceptors (Lipinski definition) is 3. The minimum absolute atomic E-state index is 0.213. The molecule has 0 bridgehead atoms. The van der Waals surface area contributed by atoms with E-state index in [-0.39, 0.29) is 6.04 Å². The van der Waals surface area contributed by atoms with Gasteiger partial charge in [0.25, 0.3) is 0 Å². The zero-order chi connectivity index (χ0) is 13.4. The SMILES string of the molecule is Cc1ccc(O)c(C(C)NC2CCN3CCCC23)c1. The van der Waals surface area contributed by atoms with Crippen LogP contribution >= 0.6 is 0 Å². The fraction of sp³-hybridized carbons (Fsp3) is 0.625. The first kappa shape index (κ1) is 12.9. The highest BCUT2D eigenvalue weighted by Crippen LogP contribution is 2.31. The van der Waals surface area contributed by atoms with E-state index < -0.39 is 0 Å². The van der Waals surface area contributed by atoms with Crippen molar-refractivity contribution in [2.75, 3.05) is 13.1 Å². The van der Waals surface area contributed by atoms with Gasteiger partial charge >= 0.3 is 0 Å². The summed E-state index contributed by atoms with van der Waals surface area (Å²) in [5.41, 5.74) is 2.23. The quantitative estimate of drug-likeness (QED) is 0.877. The molecular formula is C16H24N2O. The maximum absolute atomic E-state index is 10.0. The lowest BCUT2D eigenvalue weighted by Crippen LogP contribution is -2.40. The van der Waals surface area contributed by atoms with Crippen molar-refractivity contribution in [2.45, 2.75) is 51.2 Å². The average molecular weight is 260 g/mol. The average Bonchev–Trinajstić information content (AvgIpc) is 2.97. The van der Waals surface area contributed by atoms with Crippen LogP contribution in [0, 0.1) is 6.92 Å². The van der Waals surface area contributed by atoms with Gasteiger partial charge in [-0.2, -0.15) is 0 Å². The number of rotatable bonds is 3. The van der Waals surface area contributed by atoms with Gasteiger partial charge in [0.1, 0.15) is 5.75 Å². The third-order valence-electron chi connectivity index (χ3n) is 4.72. The second kappa shape index (κ2) is 5.14. The number of aromatic hydroxyl groups is 1. The summed E-state index contributed by atoms with van der Waals surface area (Å²) < 4.78 is 0. The predicted molar refractivity (Wildman–Crippen MR) is 77.4 cm³/mol. The minimum atomic E-state index is 0.213. The monoisotopic (exact) mass is 260 g/mol. The van der Waals surface area contributed by atoms with E-state index >= 15 is 0 Å². The third-order valence-corrected chi connectivity index (χ3v) is 4.72. The molecule has 0 amide bonds. The van der Waals surface area contributed by atoms with Gasteiger partial charge in [0.05, 0.1) is 0 Å². The fourth-order valence-electron chi connectivity index (χ4n) is 3.71. The maximum atomic E-state index is 10.0. The smallest absolute Gasteiger partial charge is 0.120 e. The Morgan fingerprint density at radius 3 is 3.00 bits per heavy atom. The molecule has 2 saturated heterocycles. The third kappa shape index (κ3) is 2.49. The van der Waals surface area contributed by atoms with E-state index in [1.54, 1.807) is 6.07 Å². The molecule has 0 radical (unpaired) electrons. The molecular weight excluding hydrogens is 236 g/mol. The van der Waals surface area contributed by atoms with Crippen LogP contribution in [-0.4, -0.2) is 35.2 Å². The van der Waals surface area contributed by atoms with Crippen LogP contribution in [0.5, 0.6) is 5.75 Å². The molecule has 3 nitrogen and oxygen atoms in total. The van der Waals surface area contributed by atoms with Gasteiger partial charge in [-0.05, 0) is 45.7 Å². The molecule has 2 heterocycles. The van der Waals surface area contributed by atoms with Crippen LogP contribution in [0.25, 0.3) is 0 Å². The molecule has 2 fully saturated rings. The number of nitrogens with zero attached hydrogens (tertiary/aromatic N) is 1. The molecule has 1 aromatic carbocycles. The van der Waals surface area contributed by atoms with E-state index in [4.69, 9.17) is 0 Å². The van der Waals surface area contributed by atoms with Gasteiger partial charge in [0.15, 0.2) is 0 Å². The van der Waals surface area contributed by atoms with Crippen molar-refractivity contribution in [1.82, 2.24) is 10.2 Å². The maximum Gasteiger partial charge on any atom is 0.120 e. The summed E-state index contributed by atoms with van der Waals surface area (Å²) in [5.74, 6) is 0.409. The first-order valence-electron chi connectivity index (χ1n) is 7.45. The molecule has 104 valence electrons. The lowest BCUT2D eigenvalue weighted by atomic mass is 10.0. The van der Waals surface area contributed by atoms with Gasteiger partial charge in [-0.3, -0.25) is 4.90 Å². The Morgan fingerprint density at radius 2 is 2.16 bits per heavy atom. The summed E-state index contributed by atoms with van der Waals surface area (Å²) in [6.45, 7) is 6.73. The molecule has 1 aromatic rings. The normalized spacial score (nSPS) is 28.5. The van der Waals surface area contributed by atoms with E-state index in [0.29, 0.717) is 11.8 Å². The van der Waals surface area contributed by atoms with Crippen molar-refractivity contribution in [3.8, 4) is 5.75 Å². The van der Waals surface area contributed by atoms with Gasteiger partial charge in [-0.1, -0.05) is 17.7 Å². The number of phenols is 1. The van der Waals surface area contributed by atoms with E-state index in [1.807, 2.05) is 6.07 Å². The van der Waals surface area contributed by atoms with Crippen molar-refractivity contribution in [2.24, 2.45) is 0 Å². The summed E-state index contributed by atoms with van der Waals surface area (Å²) in [4.78, 5) is 2.61. The number of phenolic OH excluding ortho intramolecular Hbond substituents is 1. The predicted octanol–water partition coefficient (Wildman–Crippen LogP) is 2.59. The number of benzene rings is 1. The number of aryl methyl sites for hydroxylation is 1. The van der Waals surface area contributed by atoms with Gasteiger partial charge < -0.3 is 10.4 Å². The molecule has 3 atom stereocenters. The van der Waals surface area contributed by atoms with E-state index in [1.165, 1.54) is 37.9 Å². The van der Waals surface area contributed by atoms with Crippen LogP contribution in [0.15, 0.2) is 18.2 Å². The summed E-state index contributed by atoms with van der Waals surface area (Å²) in [7, 11) is 0. The first-order chi connectivity index (χ1) is 9.15. The standard InChI is InChI=1S/C16H24N2O/c1-11-5-6-16(19)13(10-11)12(2)17-14-7-9-18-8-3-4-15(14)18/h5-6,10,12,14-15,17,19H,3-4,7-9H2,1-2H3. The molecule has 0 spiro atoms. The highest BCUT2D eigenvalue weighted by atomic mass is 16.3. The van der Waals surface area contributed by atoms with Crippen molar-refractivity contribution in [3.63, 3.8) is 0 Å². The van der Waals surface area contributed by atoms with E-state index in [9.17, 15) is 5.11 Å². The van der Waals surface area contributed by atoms with Crippen LogP contribution in [0.1, 0.15) is 43.4 Å². The minimum Gasteiger partial charge on any atom is -0.508 e. The summed E-state index contributed by atoms with van der Waals surface area (Å²) in [5, 5.41) is 13.7. The molecule has 0 aliphatic carbocycles. The molecule has 3 heteroatoms. The molecule has 2 N–H and O–H groups in total. The number of hydrogen-bond donors (Lipinski definition) is 2. The highest BCUT2D eigenvalue weighted by molar-refractivity contribution is 5.37. The van der Waals surface area contributed by atoms with Crippen LogP contribution in [-0.2, 0) is 0 Å². The Balaban J connectivity index is 1.71. The summed E-state index contributed by atoms with van der Waals surface area (Å²) >= 11 is 0. The Morgan fingerprint density at radius 1 is 1.32 bits per heavy atom. The van der Waals surface area contributed by atoms with Crippen LogP contribution in [0.2, 0.25) is 0 Å². The number of fused-ring (bicyclic) bond motifs is 1. The van der Waals surface area contributed by atoms with Crippen molar-refractivity contribution < 1.29 is 5.11 Å². The lowest BCUT2D eigenvalue weighted by Gasteiger charge is -2.25. The molecule has 2 aliphatic heterocycles. The number of nitrogens with one attached hydrogen (secondary N) is 1. The molecule has 3 rings (SSSR count).